The van der Waals surface area contributed by atoms with Gasteiger partial charge in [-0.25, -0.2) is 8.42 Å². The van der Waals surface area contributed by atoms with E-state index >= 15 is 0 Å². The van der Waals surface area contributed by atoms with E-state index in [0.29, 0.717) is 54.4 Å². The molecule has 1 aromatic carbocycles. The van der Waals surface area contributed by atoms with E-state index in [9.17, 15) is 8.42 Å². The number of rotatable bonds is 10. The first kappa shape index (κ1) is 23.4. The van der Waals surface area contributed by atoms with Crippen LogP contribution in [0.25, 0.3) is 11.4 Å². The largest absolute Gasteiger partial charge is 0.340 e. The van der Waals surface area contributed by atoms with Crippen LogP contribution in [0.2, 0.25) is 0 Å². The van der Waals surface area contributed by atoms with E-state index in [1.54, 1.807) is 25.1 Å². The Hall–Kier alpha value is -2.24. The van der Waals surface area contributed by atoms with Crippen molar-refractivity contribution >= 4 is 21.8 Å². The molecule has 31 heavy (non-hydrogen) atoms. The molecule has 0 atom stereocenters. The van der Waals surface area contributed by atoms with E-state index in [2.05, 4.69) is 34.2 Å². The van der Waals surface area contributed by atoms with Crippen molar-refractivity contribution in [2.24, 2.45) is 5.92 Å². The number of thioether (sulfide) groups is 1. The van der Waals surface area contributed by atoms with Crippen LogP contribution in [0.5, 0.6) is 0 Å². The van der Waals surface area contributed by atoms with Gasteiger partial charge in [0, 0.05) is 32.1 Å². The van der Waals surface area contributed by atoms with Gasteiger partial charge in [-0.2, -0.15) is 9.29 Å². The molecule has 0 amide bonds. The lowest BCUT2D eigenvalue weighted by Gasteiger charge is -2.19. The van der Waals surface area contributed by atoms with Gasteiger partial charge in [-0.05, 0) is 18.1 Å². The molecule has 0 aliphatic heterocycles. The SMILES string of the molecule is CCN(CC)S(=O)(=O)c1cccc(-c2nnc(SCc3noc(C)n3)n2CC(C)C)c1. The molecule has 0 saturated heterocycles. The Bertz CT molecular complexity index is 1120. The quantitative estimate of drug-likeness (QED) is 0.419. The average molecular weight is 465 g/mol. The van der Waals surface area contributed by atoms with Gasteiger partial charge in [-0.1, -0.05) is 56.7 Å². The van der Waals surface area contributed by atoms with Gasteiger partial charge in [0.05, 0.1) is 10.6 Å². The van der Waals surface area contributed by atoms with Crippen molar-refractivity contribution in [1.29, 1.82) is 0 Å². The Morgan fingerprint density at radius 1 is 1.19 bits per heavy atom. The second-order valence-corrected chi connectivity index (χ2v) is 10.3. The first-order chi connectivity index (χ1) is 14.8. The van der Waals surface area contributed by atoms with Crippen LogP contribution in [0.4, 0.5) is 0 Å². The molecule has 3 aromatic rings. The number of benzene rings is 1. The highest BCUT2D eigenvalue weighted by Crippen LogP contribution is 2.28. The summed E-state index contributed by atoms with van der Waals surface area (Å²) in [5.41, 5.74) is 0.712. The van der Waals surface area contributed by atoms with Gasteiger partial charge in [-0.15, -0.1) is 10.2 Å². The summed E-state index contributed by atoms with van der Waals surface area (Å²) < 4.78 is 34.4. The zero-order valence-corrected chi connectivity index (χ0v) is 20.1. The molecule has 0 unspecified atom stereocenters. The second-order valence-electron chi connectivity index (χ2n) is 7.45. The summed E-state index contributed by atoms with van der Waals surface area (Å²) in [7, 11) is -3.56. The van der Waals surface area contributed by atoms with E-state index < -0.39 is 10.0 Å². The fraction of sp³-hybridized carbons (Fsp3) is 0.500. The molecule has 0 bridgehead atoms. The lowest BCUT2D eigenvalue weighted by Crippen LogP contribution is -2.30. The summed E-state index contributed by atoms with van der Waals surface area (Å²) in [4.78, 5) is 4.48. The van der Waals surface area contributed by atoms with Gasteiger partial charge in [0.15, 0.2) is 16.8 Å². The summed E-state index contributed by atoms with van der Waals surface area (Å²) in [6.45, 7) is 11.2. The highest BCUT2D eigenvalue weighted by Gasteiger charge is 2.23. The topological polar surface area (TPSA) is 107 Å². The van der Waals surface area contributed by atoms with Gasteiger partial charge in [0.1, 0.15) is 0 Å². The number of hydrogen-bond donors (Lipinski definition) is 0. The predicted octanol–water partition coefficient (Wildman–Crippen LogP) is 3.62. The summed E-state index contributed by atoms with van der Waals surface area (Å²) in [6, 6.07) is 6.90. The summed E-state index contributed by atoms with van der Waals surface area (Å²) in [5.74, 6) is 2.60. The van der Waals surface area contributed by atoms with E-state index in [-0.39, 0.29) is 4.90 Å². The van der Waals surface area contributed by atoms with Crippen LogP contribution in [0.15, 0.2) is 38.8 Å². The first-order valence-electron chi connectivity index (χ1n) is 10.2. The molecule has 2 aromatic heterocycles. The van der Waals surface area contributed by atoms with Crippen molar-refractivity contribution in [2.75, 3.05) is 13.1 Å². The van der Waals surface area contributed by atoms with Crippen molar-refractivity contribution in [1.82, 2.24) is 29.2 Å². The number of aromatic nitrogens is 5. The van der Waals surface area contributed by atoms with Crippen molar-refractivity contribution in [2.45, 2.75) is 57.0 Å². The minimum atomic E-state index is -3.56. The van der Waals surface area contributed by atoms with E-state index in [1.807, 2.05) is 24.5 Å². The van der Waals surface area contributed by atoms with Crippen LogP contribution in [-0.4, -0.2) is 50.7 Å². The molecule has 3 rings (SSSR count). The summed E-state index contributed by atoms with van der Waals surface area (Å²) >= 11 is 1.47. The van der Waals surface area contributed by atoms with E-state index in [1.165, 1.54) is 16.1 Å². The monoisotopic (exact) mass is 464 g/mol. The third-order valence-corrected chi connectivity index (χ3v) is 7.61. The Labute approximate surface area is 187 Å². The van der Waals surface area contributed by atoms with Crippen molar-refractivity contribution < 1.29 is 12.9 Å². The van der Waals surface area contributed by atoms with Crippen LogP contribution in [0.3, 0.4) is 0 Å². The maximum atomic E-state index is 13.0. The van der Waals surface area contributed by atoms with Gasteiger partial charge in [-0.3, -0.25) is 0 Å². The van der Waals surface area contributed by atoms with E-state index in [4.69, 9.17) is 4.52 Å². The Morgan fingerprint density at radius 2 is 1.94 bits per heavy atom. The highest BCUT2D eigenvalue weighted by molar-refractivity contribution is 7.98. The normalized spacial score (nSPS) is 12.2. The smallest absolute Gasteiger partial charge is 0.243 e. The fourth-order valence-corrected chi connectivity index (χ4v) is 5.47. The minimum absolute atomic E-state index is 0.254. The first-order valence-corrected chi connectivity index (χ1v) is 12.6. The van der Waals surface area contributed by atoms with Gasteiger partial charge < -0.3 is 9.09 Å². The molecule has 2 heterocycles. The molecular weight excluding hydrogens is 436 g/mol. The molecule has 11 heteroatoms. The molecule has 0 radical (unpaired) electrons. The number of aryl methyl sites for hydroxylation is 1. The molecule has 0 N–H and O–H groups in total. The standard InChI is InChI=1S/C20H28N6O3S2/c1-6-25(7-2)31(27,28)17-10-8-9-16(11-17)19-22-23-20(26(19)12-14(3)4)30-13-18-21-15(5)29-24-18/h8-11,14H,6-7,12-13H2,1-5H3. The lowest BCUT2D eigenvalue weighted by molar-refractivity contribution is 0.389. The maximum absolute atomic E-state index is 13.0. The van der Waals surface area contributed by atoms with Gasteiger partial charge in [0.2, 0.25) is 15.9 Å². The van der Waals surface area contributed by atoms with Crippen LogP contribution >= 0.6 is 11.8 Å². The lowest BCUT2D eigenvalue weighted by atomic mass is 10.2. The van der Waals surface area contributed by atoms with Crippen LogP contribution < -0.4 is 0 Å². The van der Waals surface area contributed by atoms with Crippen LogP contribution in [0, 0.1) is 12.8 Å². The molecule has 9 nitrogen and oxygen atoms in total. The molecular formula is C20H28N6O3S2. The fourth-order valence-electron chi connectivity index (χ4n) is 3.18. The third kappa shape index (κ3) is 5.34. The Morgan fingerprint density at radius 3 is 2.55 bits per heavy atom. The van der Waals surface area contributed by atoms with Gasteiger partial charge >= 0.3 is 0 Å². The number of hydrogen-bond acceptors (Lipinski definition) is 8. The number of sulfonamides is 1. The number of nitrogens with zero attached hydrogens (tertiary/aromatic N) is 6. The molecule has 0 aliphatic carbocycles. The summed E-state index contributed by atoms with van der Waals surface area (Å²) in [5, 5.41) is 13.4. The average Bonchev–Trinajstić information content (AvgIpc) is 3.32. The maximum Gasteiger partial charge on any atom is 0.243 e. The summed E-state index contributed by atoms with van der Waals surface area (Å²) in [6.07, 6.45) is 0. The van der Waals surface area contributed by atoms with Crippen molar-refractivity contribution in [3.63, 3.8) is 0 Å². The zero-order valence-electron chi connectivity index (χ0n) is 18.4. The van der Waals surface area contributed by atoms with Gasteiger partial charge in [0.25, 0.3) is 0 Å². The van der Waals surface area contributed by atoms with Crippen LogP contribution in [0.1, 0.15) is 39.4 Å². The Balaban J connectivity index is 1.96. The molecule has 0 aliphatic rings. The molecule has 0 saturated carbocycles. The second kappa shape index (κ2) is 9.92. The Kier molecular flexibility index (Phi) is 7.50. The van der Waals surface area contributed by atoms with E-state index in [0.717, 1.165) is 5.16 Å². The minimum Gasteiger partial charge on any atom is -0.340 e. The highest BCUT2D eigenvalue weighted by atomic mass is 32.2. The van der Waals surface area contributed by atoms with Crippen molar-refractivity contribution in [3.8, 4) is 11.4 Å². The van der Waals surface area contributed by atoms with Crippen LogP contribution in [-0.2, 0) is 22.3 Å². The molecule has 168 valence electrons. The zero-order chi connectivity index (χ0) is 22.6. The predicted molar refractivity (Wildman–Crippen MR) is 119 cm³/mol. The molecule has 0 spiro atoms. The molecule has 0 fully saturated rings. The third-order valence-electron chi connectivity index (χ3n) is 4.60. The van der Waals surface area contributed by atoms with Crippen molar-refractivity contribution in [3.05, 3.63) is 36.0 Å².